The van der Waals surface area contributed by atoms with Crippen LogP contribution in [0.4, 0.5) is 0 Å². The van der Waals surface area contributed by atoms with Gasteiger partial charge < -0.3 is 0 Å². The van der Waals surface area contributed by atoms with E-state index in [-0.39, 0.29) is 46.7 Å². The molecule has 0 N–H and O–H groups in total. The Balaban J connectivity index is 1.38. The summed E-state index contributed by atoms with van der Waals surface area (Å²) in [6.07, 6.45) is 0. The summed E-state index contributed by atoms with van der Waals surface area (Å²) in [5.41, 5.74) is 1.15. The number of hydrogen-bond donors (Lipinski definition) is 0. The van der Waals surface area contributed by atoms with Crippen LogP contribution in [-0.4, -0.2) is 42.6 Å². The summed E-state index contributed by atoms with van der Waals surface area (Å²) in [5, 5.41) is 0. The summed E-state index contributed by atoms with van der Waals surface area (Å²) in [5.74, 6) is -0.574. The van der Waals surface area contributed by atoms with Crippen LogP contribution in [0.5, 0.6) is 0 Å². The molecule has 0 atom stereocenters. The quantitative estimate of drug-likeness (QED) is 0.0887. The maximum absolute atomic E-state index is 13.5. The van der Waals surface area contributed by atoms with Crippen molar-refractivity contribution in [2.45, 2.75) is 64.8 Å². The third-order valence-electron chi connectivity index (χ3n) is 8.82. The molecule has 0 amide bonds. The van der Waals surface area contributed by atoms with Gasteiger partial charge in [-0.15, -0.1) is 0 Å². The first-order valence-corrected chi connectivity index (χ1v) is 22.3. The molecule has 55 heavy (non-hydrogen) atoms. The van der Waals surface area contributed by atoms with E-state index < -0.39 is 40.4 Å². The lowest BCUT2D eigenvalue weighted by molar-refractivity contribution is 0.100. The fourth-order valence-corrected chi connectivity index (χ4v) is 11.5. The molecule has 6 rings (SSSR count). The highest BCUT2D eigenvalue weighted by Gasteiger charge is 2.31. The van der Waals surface area contributed by atoms with E-state index in [0.29, 0.717) is 31.4 Å². The van der Waals surface area contributed by atoms with E-state index in [2.05, 4.69) is 0 Å². The van der Waals surface area contributed by atoms with Crippen molar-refractivity contribution < 1.29 is 39.6 Å². The Hall–Kier alpha value is -5.47. The van der Waals surface area contributed by atoms with Crippen LogP contribution in [0.2, 0.25) is 0 Å². The topological polar surface area (TPSA) is 154 Å². The third kappa shape index (κ3) is 8.01. The lowest BCUT2D eigenvalue weighted by atomic mass is 10.2. The minimum atomic E-state index is -3.94. The Labute approximate surface area is 322 Å². The van der Waals surface area contributed by atoms with Crippen LogP contribution in [0.3, 0.4) is 0 Å². The molecule has 0 aliphatic heterocycles. The van der Waals surface area contributed by atoms with Gasteiger partial charge in [-0.05, 0) is 130 Å². The molecular weight excluding hydrogens is 777 g/mol. The SMILES string of the molecule is CC(=O)c1ccc(S(=O)(=O)c2ccc([S+](c3ccc(S(=O)(=O)c4ccc(C(C)=O)cc4)cc3)c3ccc(S(=O)(=O)c4ccc(C(C)=O)cc4)cc3)cc2)cc1. The number of rotatable bonds is 12. The van der Waals surface area contributed by atoms with Crippen LogP contribution in [-0.2, 0) is 40.4 Å². The van der Waals surface area contributed by atoms with E-state index in [1.807, 2.05) is 0 Å². The van der Waals surface area contributed by atoms with Crippen LogP contribution in [0.25, 0.3) is 0 Å². The number of carbonyl (C=O) groups excluding carboxylic acids is 3. The maximum Gasteiger partial charge on any atom is 0.206 e. The smallest absolute Gasteiger partial charge is 0.206 e. The Kier molecular flexibility index (Phi) is 10.9. The summed E-state index contributed by atoms with van der Waals surface area (Å²) >= 11 is 0. The molecule has 0 spiro atoms. The molecule has 6 aromatic carbocycles. The number of Topliss-reactive ketones (excluding diaryl/α,β-unsaturated/α-hetero) is 3. The monoisotopic (exact) mass is 809 g/mol. The summed E-state index contributed by atoms with van der Waals surface area (Å²) < 4.78 is 81.0. The molecule has 0 saturated carbocycles. The van der Waals surface area contributed by atoms with Crippen molar-refractivity contribution in [1.82, 2.24) is 0 Å². The molecule has 278 valence electrons. The standard InChI is InChI=1S/C42H33O9S4/c1-28(43)31-4-16-37(17-5-31)53(46,47)40-22-10-34(11-23-40)52(35-12-24-41(25-13-35)54(48,49)38-18-6-32(7-19-38)29(2)44)36-14-26-42(27-15-36)55(50,51)39-20-8-33(9-21-39)30(3)45/h4-27H,1-3H3/q+1. The zero-order chi connectivity index (χ0) is 39.7. The minimum Gasteiger partial charge on any atom is -0.295 e. The third-order valence-corrected chi connectivity index (χ3v) is 16.4. The van der Waals surface area contributed by atoms with Gasteiger partial charge in [-0.1, -0.05) is 36.4 Å². The predicted octanol–water partition coefficient (Wildman–Crippen LogP) is 7.89. The molecule has 0 saturated heterocycles. The second-order valence-corrected chi connectivity index (χ2v) is 20.3. The van der Waals surface area contributed by atoms with Crippen LogP contribution in [0.1, 0.15) is 51.8 Å². The van der Waals surface area contributed by atoms with E-state index in [1.165, 1.54) is 130 Å². The van der Waals surface area contributed by atoms with Crippen molar-refractivity contribution in [3.05, 3.63) is 162 Å². The molecule has 0 unspecified atom stereocenters. The van der Waals surface area contributed by atoms with E-state index in [9.17, 15) is 39.6 Å². The van der Waals surface area contributed by atoms with E-state index in [4.69, 9.17) is 0 Å². The van der Waals surface area contributed by atoms with Gasteiger partial charge >= 0.3 is 0 Å². The van der Waals surface area contributed by atoms with Crippen LogP contribution >= 0.6 is 0 Å². The molecule has 0 heterocycles. The molecular formula is C42H33O9S4+. The number of carbonyl (C=O) groups is 3. The molecule has 6 aromatic rings. The lowest BCUT2D eigenvalue weighted by Crippen LogP contribution is -2.09. The molecule has 0 fully saturated rings. The summed E-state index contributed by atoms with van der Waals surface area (Å²) in [6.45, 7) is 4.17. The van der Waals surface area contributed by atoms with Crippen molar-refractivity contribution in [1.29, 1.82) is 0 Å². The van der Waals surface area contributed by atoms with Crippen molar-refractivity contribution in [3.8, 4) is 0 Å². The van der Waals surface area contributed by atoms with Crippen molar-refractivity contribution in [2.75, 3.05) is 0 Å². The average Bonchev–Trinajstić information content (AvgIpc) is 3.18. The normalized spacial score (nSPS) is 12.0. The van der Waals surface area contributed by atoms with Crippen LogP contribution in [0, 0.1) is 0 Å². The minimum absolute atomic E-state index is 0.0183. The maximum atomic E-state index is 13.5. The Morgan fingerprint density at radius 3 is 0.636 bits per heavy atom. The Morgan fingerprint density at radius 2 is 0.473 bits per heavy atom. The van der Waals surface area contributed by atoms with Crippen molar-refractivity contribution in [2.24, 2.45) is 0 Å². The first-order valence-electron chi connectivity index (χ1n) is 16.6. The lowest BCUT2D eigenvalue weighted by Gasteiger charge is -2.12. The van der Waals surface area contributed by atoms with Gasteiger partial charge in [-0.3, -0.25) is 14.4 Å². The summed E-state index contributed by atoms with van der Waals surface area (Å²) in [4.78, 5) is 37.2. The van der Waals surface area contributed by atoms with Gasteiger partial charge in [0.1, 0.15) is 0 Å². The first-order chi connectivity index (χ1) is 26.0. The molecule has 0 aromatic heterocycles. The molecule has 9 nitrogen and oxygen atoms in total. The molecule has 13 heteroatoms. The van der Waals surface area contributed by atoms with Crippen LogP contribution in [0.15, 0.2) is 190 Å². The van der Waals surface area contributed by atoms with E-state index in [0.717, 1.165) is 0 Å². The molecule has 0 aliphatic carbocycles. The van der Waals surface area contributed by atoms with Gasteiger partial charge in [-0.2, -0.15) is 0 Å². The largest absolute Gasteiger partial charge is 0.295 e. The van der Waals surface area contributed by atoms with Crippen LogP contribution < -0.4 is 0 Å². The second-order valence-electron chi connectivity index (χ2n) is 12.5. The van der Waals surface area contributed by atoms with Gasteiger partial charge in [0.05, 0.1) is 40.3 Å². The zero-order valence-corrected chi connectivity index (χ0v) is 32.9. The summed E-state index contributed by atoms with van der Waals surface area (Å²) in [6, 6.07) is 35.8. The molecule has 0 aliphatic rings. The fourth-order valence-electron chi connectivity index (χ4n) is 5.69. The number of benzene rings is 6. The highest BCUT2D eigenvalue weighted by Crippen LogP contribution is 2.35. The van der Waals surface area contributed by atoms with E-state index >= 15 is 0 Å². The zero-order valence-electron chi connectivity index (χ0n) is 29.7. The Bertz CT molecular complexity index is 2450. The van der Waals surface area contributed by atoms with Gasteiger partial charge in [0.15, 0.2) is 32.0 Å². The summed E-state index contributed by atoms with van der Waals surface area (Å²) in [7, 11) is -12.8. The van der Waals surface area contributed by atoms with Gasteiger partial charge in [-0.25, -0.2) is 25.3 Å². The molecule has 0 radical (unpaired) electrons. The van der Waals surface area contributed by atoms with E-state index in [1.54, 1.807) is 36.4 Å². The van der Waals surface area contributed by atoms with Gasteiger partial charge in [0, 0.05) is 16.7 Å². The average molecular weight is 810 g/mol. The number of hydrogen-bond acceptors (Lipinski definition) is 9. The predicted molar refractivity (Wildman–Crippen MR) is 207 cm³/mol. The Morgan fingerprint density at radius 1 is 0.309 bits per heavy atom. The second kappa shape index (κ2) is 15.3. The van der Waals surface area contributed by atoms with Crippen molar-refractivity contribution in [3.63, 3.8) is 0 Å². The highest BCUT2D eigenvalue weighted by atomic mass is 32.2. The number of sulfone groups is 3. The van der Waals surface area contributed by atoms with Gasteiger partial charge in [0.2, 0.25) is 29.5 Å². The van der Waals surface area contributed by atoms with Gasteiger partial charge in [0.25, 0.3) is 0 Å². The first kappa shape index (κ1) is 39.2. The van der Waals surface area contributed by atoms with Crippen molar-refractivity contribution >= 4 is 57.8 Å². The molecule has 0 bridgehead atoms. The highest BCUT2D eigenvalue weighted by molar-refractivity contribution is 7.97. The fraction of sp³-hybridized carbons (Fsp3) is 0.0714. The number of ketones is 3.